The predicted molar refractivity (Wildman–Crippen MR) is 407 cm³/mol. The molecule has 26 N–H and O–H groups in total. The Morgan fingerprint density at radius 2 is 0.602 bits per heavy atom. The monoisotopic (exact) mass is 1440 g/mol. The van der Waals surface area contributed by atoms with E-state index in [-0.39, 0.29) is 94.0 Å². The molecule has 0 aliphatic heterocycles. The Morgan fingerprint density at radius 3 is 0.913 bits per heavy atom. The lowest BCUT2D eigenvalue weighted by Gasteiger charge is -2.25. The van der Waals surface area contributed by atoms with E-state index in [0.29, 0.717) is 122 Å². The van der Waals surface area contributed by atoms with Gasteiger partial charge in [0, 0.05) is 129 Å². The SMILES string of the molecule is CC(C)CNC(=O)N[C@H](CNC(=O)N[C@@H](CCCCN)CNC(=O)N[C@H](CNC(=O)N[C@H](CNC(=O)N[C@@H](CCCCN)CNC(=O)N[C@H](CNC(=O)N[C@@H](CCCCN)CNC(=O)N[C@H](CCC(N)=O)CC(C)C)Cc1c[nH]c2ccccc12)CC(C)C)Cc1c[nH]c2ccccc12)CC(C)C. The zero-order valence-electron chi connectivity index (χ0n) is 62.3. The fraction of sp³-hybridized carbons (Fsp3) is 0.653. The Morgan fingerprint density at radius 1 is 0.330 bits per heavy atom. The molecule has 0 unspecified atom stereocenters. The summed E-state index contributed by atoms with van der Waals surface area (Å²) in [5.41, 5.74) is 26.6. The van der Waals surface area contributed by atoms with E-state index in [1.54, 1.807) is 0 Å². The lowest BCUT2D eigenvalue weighted by Crippen LogP contribution is -2.55. The van der Waals surface area contributed by atoms with Gasteiger partial charge in [-0.2, -0.15) is 0 Å². The van der Waals surface area contributed by atoms with Crippen molar-refractivity contribution in [3.8, 4) is 0 Å². The van der Waals surface area contributed by atoms with Gasteiger partial charge in [-0.3, -0.25) is 4.79 Å². The zero-order chi connectivity index (χ0) is 75.5. The summed E-state index contributed by atoms with van der Waals surface area (Å²) < 4.78 is 0. The number of fused-ring (bicyclic) bond motifs is 2. The van der Waals surface area contributed by atoms with Crippen LogP contribution in [-0.2, 0) is 17.6 Å². The summed E-state index contributed by atoms with van der Waals surface area (Å²) in [6, 6.07) is 7.94. The second-order valence-electron chi connectivity index (χ2n) is 28.7. The van der Waals surface area contributed by atoms with Gasteiger partial charge in [-0.1, -0.05) is 111 Å². The van der Waals surface area contributed by atoms with Gasteiger partial charge in [0.15, 0.2) is 0 Å². The van der Waals surface area contributed by atoms with E-state index in [1.165, 1.54) is 0 Å². The number of amides is 17. The number of nitrogens with two attached hydrogens (primary N) is 4. The highest BCUT2D eigenvalue weighted by molar-refractivity contribution is 5.85. The number of unbranched alkanes of at least 4 members (excludes halogenated alkanes) is 3. The van der Waals surface area contributed by atoms with Crippen LogP contribution in [0.5, 0.6) is 0 Å². The Kier molecular flexibility index (Phi) is 41.0. The number of carbonyl (C=O) groups is 9. The third kappa shape index (κ3) is 37.7. The van der Waals surface area contributed by atoms with Crippen molar-refractivity contribution in [3.63, 3.8) is 0 Å². The summed E-state index contributed by atoms with van der Waals surface area (Å²) in [5, 5.41) is 49.2. The van der Waals surface area contributed by atoms with Crippen molar-refractivity contribution >= 4 is 76.0 Å². The van der Waals surface area contributed by atoms with Gasteiger partial charge in [-0.05, 0) is 144 Å². The van der Waals surface area contributed by atoms with Gasteiger partial charge < -0.3 is 118 Å². The number of carbonyl (C=O) groups excluding carboxylic acids is 9. The first-order valence-corrected chi connectivity index (χ1v) is 37.1. The lowest BCUT2D eigenvalue weighted by molar-refractivity contribution is -0.118. The minimum atomic E-state index is -0.621. The topological polar surface area (TPSA) is 482 Å². The molecule has 8 atom stereocenters. The minimum absolute atomic E-state index is 0.0173. The van der Waals surface area contributed by atoms with Gasteiger partial charge in [-0.25, -0.2) is 38.4 Å². The molecular formula is C72H126N22O9. The average molecular weight is 1440 g/mol. The van der Waals surface area contributed by atoms with Crippen LogP contribution in [0.3, 0.4) is 0 Å². The molecule has 0 fully saturated rings. The first-order valence-electron chi connectivity index (χ1n) is 37.1. The number of benzene rings is 2. The molecule has 17 amide bonds. The van der Waals surface area contributed by atoms with Crippen LogP contribution >= 0.6 is 0 Å². The maximum Gasteiger partial charge on any atom is 0.315 e. The number of aromatic nitrogens is 2. The average Bonchev–Trinajstić information content (AvgIpc) is 1.70. The first kappa shape index (κ1) is 86.4. The molecule has 0 aliphatic carbocycles. The fourth-order valence-electron chi connectivity index (χ4n) is 12.1. The van der Waals surface area contributed by atoms with E-state index in [9.17, 15) is 43.2 Å². The van der Waals surface area contributed by atoms with Crippen LogP contribution in [0.1, 0.15) is 156 Å². The maximum absolute atomic E-state index is 13.9. The number of aromatic amines is 2. The number of hydrogen-bond acceptors (Lipinski definition) is 12. The summed E-state index contributed by atoms with van der Waals surface area (Å²) in [6.45, 7) is 18.5. The fourth-order valence-corrected chi connectivity index (χ4v) is 12.1. The van der Waals surface area contributed by atoms with E-state index in [0.717, 1.165) is 32.9 Å². The van der Waals surface area contributed by atoms with E-state index in [1.807, 2.05) is 116 Å². The summed E-state index contributed by atoms with van der Waals surface area (Å²) in [4.78, 5) is 126. The smallest absolute Gasteiger partial charge is 0.315 e. The van der Waals surface area contributed by atoms with Crippen molar-refractivity contribution in [2.45, 2.75) is 206 Å². The van der Waals surface area contributed by atoms with Gasteiger partial charge in [0.2, 0.25) is 5.91 Å². The molecule has 0 saturated heterocycles. The molecule has 2 aromatic carbocycles. The molecule has 103 heavy (non-hydrogen) atoms. The Labute approximate surface area is 608 Å². The molecule has 0 aliphatic rings. The van der Waals surface area contributed by atoms with E-state index >= 15 is 0 Å². The summed E-state index contributed by atoms with van der Waals surface area (Å²) in [6.07, 6.45) is 12.4. The van der Waals surface area contributed by atoms with Crippen molar-refractivity contribution in [2.24, 2.45) is 46.6 Å². The zero-order valence-corrected chi connectivity index (χ0v) is 62.3. The van der Waals surface area contributed by atoms with Crippen molar-refractivity contribution in [3.05, 3.63) is 72.1 Å². The molecule has 4 aromatic rings. The summed E-state index contributed by atoms with van der Waals surface area (Å²) in [7, 11) is 0. The third-order valence-corrected chi connectivity index (χ3v) is 17.2. The molecule has 578 valence electrons. The molecular weight excluding hydrogens is 1320 g/mol. The maximum atomic E-state index is 13.9. The van der Waals surface area contributed by atoms with Crippen LogP contribution in [0, 0.1) is 23.7 Å². The Hall–Kier alpha value is -8.97. The number of H-pyrrole nitrogens is 2. The number of nitrogens with one attached hydrogen (secondary N) is 18. The number of urea groups is 8. The third-order valence-electron chi connectivity index (χ3n) is 17.2. The molecule has 4 rings (SSSR count). The standard InChI is InChI=1S/C72H126N22O9/c1-46(2)31-52(26-27-64(76)95)87-66(97)80-39-53(19-13-16-28-73)90-69(100)85-44-58(34-50-37-77-62-24-11-9-22-60(50)62)93-70(101)81-40-55(21-15-18-30-75)89-68(99)84-43-57(33-48(5)6)92-72(103)86-45-59(35-51-38-78-63-25-12-10-23-61(51)63)94-71(102)82-41-54(20-14-17-29-74)88-67(98)83-42-56(32-47(3)4)91-65(96)79-36-49(7)8/h9-12,22-25,37-38,46-49,52-59,77-78H,13-21,26-36,39-45,73-75H2,1-8H3,(H2,76,95)(H2,79,91,96)(H2,80,87,97)(H2,81,93,101)(H2,82,94,102)(H2,83,88,98)(H2,84,89,99)(H2,85,90,100)(H2,86,92,103)/t52-,53+,54+,55+,56+,57+,58+,59+/m1/s1. The largest absolute Gasteiger partial charge is 0.370 e. The lowest BCUT2D eigenvalue weighted by atomic mass is 10.00. The van der Waals surface area contributed by atoms with Crippen LogP contribution in [0.2, 0.25) is 0 Å². The predicted octanol–water partition coefficient (Wildman–Crippen LogP) is 5.22. The number of hydrogen-bond donors (Lipinski definition) is 22. The van der Waals surface area contributed by atoms with Crippen LogP contribution in [0.4, 0.5) is 38.4 Å². The van der Waals surface area contributed by atoms with Crippen molar-refractivity contribution < 1.29 is 43.2 Å². The Bertz CT molecular complexity index is 3160. The highest BCUT2D eigenvalue weighted by Crippen LogP contribution is 2.21. The highest BCUT2D eigenvalue weighted by Gasteiger charge is 2.25. The van der Waals surface area contributed by atoms with Gasteiger partial charge in [0.1, 0.15) is 0 Å². The normalized spacial score (nSPS) is 13.7. The molecule has 0 radical (unpaired) electrons. The van der Waals surface area contributed by atoms with E-state index in [4.69, 9.17) is 22.9 Å². The van der Waals surface area contributed by atoms with Crippen molar-refractivity contribution in [1.29, 1.82) is 0 Å². The van der Waals surface area contributed by atoms with Crippen molar-refractivity contribution in [2.75, 3.05) is 72.0 Å². The van der Waals surface area contributed by atoms with Crippen molar-refractivity contribution in [1.82, 2.24) is 95.0 Å². The molecule has 0 saturated carbocycles. The van der Waals surface area contributed by atoms with Crippen LogP contribution in [0.15, 0.2) is 60.9 Å². The molecule has 0 bridgehead atoms. The van der Waals surface area contributed by atoms with Crippen LogP contribution in [-0.4, -0.2) is 184 Å². The summed E-state index contributed by atoms with van der Waals surface area (Å²) >= 11 is 0. The quantitative estimate of drug-likeness (QED) is 0.0253. The number of para-hydroxylation sites is 2. The summed E-state index contributed by atoms with van der Waals surface area (Å²) in [5.74, 6) is 0.448. The van der Waals surface area contributed by atoms with E-state index in [2.05, 4.69) is 95.0 Å². The van der Waals surface area contributed by atoms with Gasteiger partial charge >= 0.3 is 48.2 Å². The highest BCUT2D eigenvalue weighted by atomic mass is 16.2. The number of rotatable bonds is 49. The van der Waals surface area contributed by atoms with Gasteiger partial charge in [-0.15, -0.1) is 0 Å². The van der Waals surface area contributed by atoms with Gasteiger partial charge in [0.05, 0.1) is 12.1 Å². The molecule has 2 heterocycles. The number of primary amides is 1. The minimum Gasteiger partial charge on any atom is -0.370 e. The molecule has 31 nitrogen and oxygen atoms in total. The van der Waals surface area contributed by atoms with Gasteiger partial charge in [0.25, 0.3) is 0 Å². The second-order valence-corrected chi connectivity index (χ2v) is 28.7. The van der Waals surface area contributed by atoms with E-state index < -0.39 is 84.4 Å². The second kappa shape index (κ2) is 48.8. The molecule has 31 heteroatoms. The molecule has 0 spiro atoms. The van der Waals surface area contributed by atoms with Crippen LogP contribution < -0.4 is 108 Å². The first-order chi connectivity index (χ1) is 49.3. The molecule has 2 aromatic heterocycles. The Balaban J connectivity index is 1.39. The van der Waals surface area contributed by atoms with Crippen LogP contribution in [0.25, 0.3) is 21.8 Å².